The molecule has 0 amide bonds. The molecule has 0 radical (unpaired) electrons. The lowest BCUT2D eigenvalue weighted by atomic mass is 9.86. The maximum Gasteiger partial charge on any atom is 0.0619 e. The van der Waals surface area contributed by atoms with Crippen LogP contribution in [0.4, 0.5) is 0 Å². The number of hydrogen-bond acceptors (Lipinski definition) is 1. The van der Waals surface area contributed by atoms with Crippen LogP contribution < -0.4 is 0 Å². The lowest BCUT2D eigenvalue weighted by Gasteiger charge is -2.17. The summed E-state index contributed by atoms with van der Waals surface area (Å²) in [6.07, 6.45) is 7.37. The minimum atomic E-state index is 0.440. The normalized spacial score (nSPS) is 10.7. The molecule has 1 aromatic heterocycles. The number of nitrogens with one attached hydrogen (secondary N) is 1. The minimum absolute atomic E-state index is 0.440. The van der Waals surface area contributed by atoms with Crippen LogP contribution in [0.1, 0.15) is 38.8 Å². The summed E-state index contributed by atoms with van der Waals surface area (Å²) in [7, 11) is 0. The van der Waals surface area contributed by atoms with Gasteiger partial charge in [-0.25, -0.2) is 0 Å². The highest BCUT2D eigenvalue weighted by atomic mass is 15.0. The molecule has 2 nitrogen and oxygen atoms in total. The van der Waals surface area contributed by atoms with E-state index in [0.717, 1.165) is 44.3 Å². The topological polar surface area (TPSA) is 28.8 Å². The third-order valence-electron chi connectivity index (χ3n) is 11.0. The Morgan fingerprint density at radius 3 is 1.59 bits per heavy atom. The van der Waals surface area contributed by atoms with Crippen molar-refractivity contribution in [2.45, 2.75) is 27.7 Å². The van der Waals surface area contributed by atoms with Gasteiger partial charge in [-0.1, -0.05) is 202 Å². The summed E-state index contributed by atoms with van der Waals surface area (Å²) in [5, 5.41) is 18.7. The van der Waals surface area contributed by atoms with Crippen molar-refractivity contribution < 1.29 is 0 Å². The van der Waals surface area contributed by atoms with E-state index in [-0.39, 0.29) is 0 Å². The number of fused-ring (bicyclic) bond motifs is 7. The predicted molar refractivity (Wildman–Crippen MR) is 279 cm³/mol. The molecule has 0 aliphatic heterocycles. The van der Waals surface area contributed by atoms with E-state index in [2.05, 4.69) is 212 Å². The molecule has 1 heterocycles. The van der Waals surface area contributed by atoms with Gasteiger partial charge in [0, 0.05) is 21.8 Å². The number of nitrogens with zero attached hydrogens (tertiary/aromatic N) is 1. The van der Waals surface area contributed by atoms with Crippen LogP contribution in [0.25, 0.3) is 87.6 Å². The number of hydrogen-bond donors (Lipinski definition) is 1. The summed E-state index contributed by atoms with van der Waals surface area (Å²) < 4.78 is 2.39. The predicted octanol–water partition coefficient (Wildman–Crippen LogP) is 17.6. The van der Waals surface area contributed by atoms with Crippen LogP contribution in [0.5, 0.6) is 0 Å². The van der Waals surface area contributed by atoms with E-state index in [1.165, 1.54) is 54.5 Å². The molecule has 0 saturated heterocycles. The van der Waals surface area contributed by atoms with Crippen LogP contribution in [0.15, 0.2) is 232 Å². The van der Waals surface area contributed by atoms with Crippen LogP contribution in [0.3, 0.4) is 0 Å². The Balaban J connectivity index is 0.000000697. The van der Waals surface area contributed by atoms with E-state index in [1.54, 1.807) is 12.2 Å². The smallest absolute Gasteiger partial charge is 0.0619 e. The third kappa shape index (κ3) is 8.71. The molecule has 63 heavy (non-hydrogen) atoms. The van der Waals surface area contributed by atoms with Crippen LogP contribution in [-0.4, -0.2) is 10.3 Å². The average Bonchev–Trinajstić information content (AvgIpc) is 3.68. The SMILES string of the molecule is C=C(/C=C\C(=N)c1ccc(-c2ccc3c(c2)c2ccc4ccccc4c2n3-c2ccccc2)cc1)c1c2ccccc2c(-c2ccccc2)c2ccccc12.C=CC.C=CC.CC. The van der Waals surface area contributed by atoms with Gasteiger partial charge in [0.15, 0.2) is 0 Å². The molecule has 1 N–H and O–H groups in total. The molecule has 308 valence electrons. The van der Waals surface area contributed by atoms with Crippen LogP contribution in [-0.2, 0) is 0 Å². The second-order valence-electron chi connectivity index (χ2n) is 15.0. The van der Waals surface area contributed by atoms with Crippen molar-refractivity contribution >= 4 is 65.4 Å². The Bertz CT molecular complexity index is 3190. The van der Waals surface area contributed by atoms with Gasteiger partial charge in [-0.05, 0) is 110 Å². The Morgan fingerprint density at radius 1 is 0.476 bits per heavy atom. The van der Waals surface area contributed by atoms with Gasteiger partial charge in [0.1, 0.15) is 0 Å². The van der Waals surface area contributed by atoms with Gasteiger partial charge >= 0.3 is 0 Å². The van der Waals surface area contributed by atoms with Gasteiger partial charge in [0.2, 0.25) is 0 Å². The number of allylic oxidation sites excluding steroid dienone is 5. The number of rotatable bonds is 7. The largest absolute Gasteiger partial charge is 0.309 e. The van der Waals surface area contributed by atoms with Crippen molar-refractivity contribution in [3.05, 3.63) is 243 Å². The van der Waals surface area contributed by atoms with Crippen molar-refractivity contribution in [1.29, 1.82) is 5.41 Å². The first-order valence-electron chi connectivity index (χ1n) is 21.7. The Kier molecular flexibility index (Phi) is 13.9. The highest BCUT2D eigenvalue weighted by Gasteiger charge is 2.18. The van der Waals surface area contributed by atoms with Crippen molar-refractivity contribution in [3.63, 3.8) is 0 Å². The number of aromatic nitrogens is 1. The van der Waals surface area contributed by atoms with E-state index in [4.69, 9.17) is 5.41 Å². The molecular formula is C61H54N2. The van der Waals surface area contributed by atoms with Gasteiger partial charge in [0.25, 0.3) is 0 Å². The Labute approximate surface area is 372 Å². The molecule has 0 atom stereocenters. The van der Waals surface area contributed by atoms with E-state index in [9.17, 15) is 0 Å². The zero-order chi connectivity index (χ0) is 44.3. The summed E-state index contributed by atoms with van der Waals surface area (Å²) in [5.41, 5.74) is 11.5. The fourth-order valence-electron chi connectivity index (χ4n) is 8.40. The molecule has 0 saturated carbocycles. The highest BCUT2D eigenvalue weighted by molar-refractivity contribution is 6.21. The maximum absolute atomic E-state index is 9.05. The molecule has 0 spiro atoms. The average molecular weight is 815 g/mol. The first-order valence-corrected chi connectivity index (χ1v) is 21.7. The Hall–Kier alpha value is -7.81. The second-order valence-corrected chi connectivity index (χ2v) is 15.0. The quantitative estimate of drug-likeness (QED) is 0.0719. The molecule has 0 aliphatic rings. The van der Waals surface area contributed by atoms with Crippen LogP contribution in [0, 0.1) is 5.41 Å². The second kappa shape index (κ2) is 20.2. The summed E-state index contributed by atoms with van der Waals surface area (Å²) in [5.74, 6) is 0. The van der Waals surface area contributed by atoms with Gasteiger partial charge in [-0.3, -0.25) is 0 Å². The van der Waals surface area contributed by atoms with Crippen molar-refractivity contribution in [3.8, 4) is 27.9 Å². The molecule has 0 unspecified atom stereocenters. The van der Waals surface area contributed by atoms with Gasteiger partial charge in [0.05, 0.1) is 16.7 Å². The fourth-order valence-corrected chi connectivity index (χ4v) is 8.40. The van der Waals surface area contributed by atoms with Gasteiger partial charge in [-0.2, -0.15) is 0 Å². The van der Waals surface area contributed by atoms with Crippen molar-refractivity contribution in [2.75, 3.05) is 0 Å². The van der Waals surface area contributed by atoms with E-state index in [0.29, 0.717) is 5.71 Å². The monoisotopic (exact) mass is 814 g/mol. The van der Waals surface area contributed by atoms with E-state index < -0.39 is 0 Å². The minimum Gasteiger partial charge on any atom is -0.309 e. The summed E-state index contributed by atoms with van der Waals surface area (Å²) >= 11 is 0. The highest BCUT2D eigenvalue weighted by Crippen LogP contribution is 2.42. The lowest BCUT2D eigenvalue weighted by Crippen LogP contribution is -1.95. The molecule has 10 rings (SSSR count). The van der Waals surface area contributed by atoms with Crippen LogP contribution >= 0.6 is 0 Å². The van der Waals surface area contributed by atoms with E-state index >= 15 is 0 Å². The van der Waals surface area contributed by atoms with Crippen molar-refractivity contribution in [2.24, 2.45) is 0 Å². The molecule has 2 heteroatoms. The molecule has 9 aromatic carbocycles. The first kappa shape index (κ1) is 43.3. The number of para-hydroxylation sites is 1. The molecule has 0 fully saturated rings. The molecule has 0 aliphatic carbocycles. The molecule has 10 aromatic rings. The third-order valence-corrected chi connectivity index (χ3v) is 11.0. The van der Waals surface area contributed by atoms with E-state index in [1.807, 2.05) is 39.8 Å². The zero-order valence-corrected chi connectivity index (χ0v) is 36.8. The maximum atomic E-state index is 9.05. The first-order chi connectivity index (χ1) is 31.0. The van der Waals surface area contributed by atoms with Crippen molar-refractivity contribution in [1.82, 2.24) is 4.57 Å². The molecule has 0 bridgehead atoms. The van der Waals surface area contributed by atoms with Crippen LogP contribution in [0.2, 0.25) is 0 Å². The zero-order valence-electron chi connectivity index (χ0n) is 36.8. The Morgan fingerprint density at radius 2 is 0.984 bits per heavy atom. The standard InChI is InChI=1S/C53H36N2.2C3H6.C2H6/c1-35(51-43-20-10-12-22-45(43)52(39-15-4-2-5-16-39)46-23-13-11-21-44(46)51)24-32-49(54)38-27-25-36(26-28-38)40-30-33-50-48(34-40)47-31-29-37-14-8-9-19-42(37)53(47)55(50)41-17-6-3-7-18-41;2*1-3-2;1-2/h2-34,54H,1H2;2*3H,1H2,2H3;1-2H3/b32-24-,54-49?;;;. The lowest BCUT2D eigenvalue weighted by molar-refractivity contribution is 1.19. The summed E-state index contributed by atoms with van der Waals surface area (Å²) in [4.78, 5) is 0. The van der Waals surface area contributed by atoms with Gasteiger partial charge < -0.3 is 9.98 Å². The van der Waals surface area contributed by atoms with Gasteiger partial charge in [-0.15, -0.1) is 13.2 Å². The summed E-state index contributed by atoms with van der Waals surface area (Å²) in [6.45, 7) is 19.0. The summed E-state index contributed by atoms with van der Waals surface area (Å²) in [6, 6.07) is 66.7. The fraction of sp³-hybridized carbons (Fsp3) is 0.0656. The molecular weight excluding hydrogens is 761 g/mol. The number of benzene rings is 9.